The number of carbonyl (C=O) groups is 3. The summed E-state index contributed by atoms with van der Waals surface area (Å²) in [6.45, 7) is 3.66. The molecule has 140 valence electrons. The standard InChI is InChI=1S/C21H21NO5/c1-3-26-19(23)13-15(2)20(24)17-9-11-18(12-10-17)22-21(25)27-14-16-7-5-4-6-8-16/h4-13H,3,14H2,1-2H3,(H,22,25)/b15-13-. The van der Waals surface area contributed by atoms with Crippen LogP contribution in [0.2, 0.25) is 0 Å². The molecule has 2 aromatic rings. The van der Waals surface area contributed by atoms with Crippen LogP contribution < -0.4 is 5.32 Å². The van der Waals surface area contributed by atoms with Crippen molar-refractivity contribution in [1.29, 1.82) is 0 Å². The van der Waals surface area contributed by atoms with E-state index in [0.717, 1.165) is 5.56 Å². The van der Waals surface area contributed by atoms with Gasteiger partial charge in [0.05, 0.1) is 6.61 Å². The normalized spacial score (nSPS) is 10.8. The number of Topliss-reactive ketones (excluding diaryl/α,β-unsaturated/α-hetero) is 1. The molecule has 0 spiro atoms. The fourth-order valence-electron chi connectivity index (χ4n) is 2.24. The lowest BCUT2D eigenvalue weighted by molar-refractivity contribution is -0.137. The molecule has 27 heavy (non-hydrogen) atoms. The van der Waals surface area contributed by atoms with Crippen LogP contribution in [0.4, 0.5) is 10.5 Å². The summed E-state index contributed by atoms with van der Waals surface area (Å²) >= 11 is 0. The number of ketones is 1. The highest BCUT2D eigenvalue weighted by atomic mass is 16.5. The van der Waals surface area contributed by atoms with Crippen molar-refractivity contribution in [2.45, 2.75) is 20.5 Å². The lowest BCUT2D eigenvalue weighted by Crippen LogP contribution is -2.13. The predicted molar refractivity (Wildman–Crippen MR) is 101 cm³/mol. The molecular weight excluding hydrogens is 346 g/mol. The van der Waals surface area contributed by atoms with Crippen LogP contribution in [-0.2, 0) is 20.9 Å². The third kappa shape index (κ3) is 6.43. The molecule has 6 heteroatoms. The molecule has 1 N–H and O–H groups in total. The minimum Gasteiger partial charge on any atom is -0.463 e. The number of carbonyl (C=O) groups excluding carboxylic acids is 3. The highest BCUT2D eigenvalue weighted by Crippen LogP contribution is 2.14. The Balaban J connectivity index is 1.91. The molecule has 6 nitrogen and oxygen atoms in total. The zero-order chi connectivity index (χ0) is 19.6. The Morgan fingerprint density at radius 1 is 0.963 bits per heavy atom. The third-order valence-electron chi connectivity index (χ3n) is 3.59. The zero-order valence-electron chi connectivity index (χ0n) is 15.2. The zero-order valence-corrected chi connectivity index (χ0v) is 15.2. The highest BCUT2D eigenvalue weighted by Gasteiger charge is 2.11. The van der Waals surface area contributed by atoms with Crippen LogP contribution in [0.5, 0.6) is 0 Å². The van der Waals surface area contributed by atoms with Crippen molar-refractivity contribution in [3.05, 3.63) is 77.4 Å². The summed E-state index contributed by atoms with van der Waals surface area (Å²) in [5.74, 6) is -0.843. The molecule has 0 heterocycles. The van der Waals surface area contributed by atoms with Crippen LogP contribution in [-0.4, -0.2) is 24.5 Å². The van der Waals surface area contributed by atoms with Gasteiger partial charge in [0.2, 0.25) is 0 Å². The van der Waals surface area contributed by atoms with Crippen LogP contribution in [0.25, 0.3) is 0 Å². The average Bonchev–Trinajstić information content (AvgIpc) is 2.67. The van der Waals surface area contributed by atoms with Gasteiger partial charge in [-0.3, -0.25) is 10.1 Å². The lowest BCUT2D eigenvalue weighted by atomic mass is 10.0. The van der Waals surface area contributed by atoms with Gasteiger partial charge < -0.3 is 9.47 Å². The molecule has 1 amide bonds. The summed E-state index contributed by atoms with van der Waals surface area (Å²) in [6.07, 6.45) is 0.579. The molecule has 0 radical (unpaired) electrons. The number of esters is 1. The quantitative estimate of drug-likeness (QED) is 0.452. The lowest BCUT2D eigenvalue weighted by Gasteiger charge is -2.08. The first-order valence-corrected chi connectivity index (χ1v) is 8.47. The van der Waals surface area contributed by atoms with E-state index in [0.29, 0.717) is 11.3 Å². The SMILES string of the molecule is CCOC(=O)/C=C(/C)C(=O)c1ccc(NC(=O)OCc2ccccc2)cc1. The van der Waals surface area contributed by atoms with Gasteiger partial charge in [-0.1, -0.05) is 30.3 Å². The number of amides is 1. The maximum atomic E-state index is 12.3. The van der Waals surface area contributed by atoms with E-state index in [1.165, 1.54) is 6.08 Å². The number of hydrogen-bond donors (Lipinski definition) is 1. The van der Waals surface area contributed by atoms with Gasteiger partial charge in [0.25, 0.3) is 0 Å². The first kappa shape index (κ1) is 19.9. The Labute approximate surface area is 157 Å². The van der Waals surface area contributed by atoms with E-state index in [1.807, 2.05) is 30.3 Å². The highest BCUT2D eigenvalue weighted by molar-refractivity contribution is 6.11. The molecule has 0 fully saturated rings. The number of allylic oxidation sites excluding steroid dienone is 1. The number of rotatable bonds is 7. The fraction of sp³-hybridized carbons (Fsp3) is 0.190. The second-order valence-electron chi connectivity index (χ2n) is 5.67. The van der Waals surface area contributed by atoms with E-state index in [-0.39, 0.29) is 24.6 Å². The van der Waals surface area contributed by atoms with Crippen LogP contribution >= 0.6 is 0 Å². The Kier molecular flexibility index (Phi) is 7.31. The molecule has 0 aliphatic heterocycles. The Hall–Kier alpha value is -3.41. The molecule has 2 aromatic carbocycles. The maximum Gasteiger partial charge on any atom is 0.411 e. The van der Waals surface area contributed by atoms with Crippen molar-refractivity contribution in [1.82, 2.24) is 0 Å². The molecule has 0 aromatic heterocycles. The second kappa shape index (κ2) is 9.91. The first-order valence-electron chi connectivity index (χ1n) is 8.47. The summed E-state index contributed by atoms with van der Waals surface area (Å²) in [5.41, 5.74) is 2.06. The maximum absolute atomic E-state index is 12.3. The van der Waals surface area contributed by atoms with E-state index in [9.17, 15) is 14.4 Å². The van der Waals surface area contributed by atoms with Crippen molar-refractivity contribution < 1.29 is 23.9 Å². The van der Waals surface area contributed by atoms with E-state index < -0.39 is 12.1 Å². The van der Waals surface area contributed by atoms with Gasteiger partial charge in [0.1, 0.15) is 6.61 Å². The van der Waals surface area contributed by atoms with Crippen molar-refractivity contribution in [2.24, 2.45) is 0 Å². The Bertz CT molecular complexity index is 825. The van der Waals surface area contributed by atoms with Crippen LogP contribution in [0.1, 0.15) is 29.8 Å². The number of anilines is 1. The molecule has 0 aliphatic rings. The van der Waals surface area contributed by atoms with Crippen LogP contribution in [0.3, 0.4) is 0 Å². The largest absolute Gasteiger partial charge is 0.463 e. The molecule has 0 aliphatic carbocycles. The second-order valence-corrected chi connectivity index (χ2v) is 5.67. The molecule has 0 saturated heterocycles. The fourth-order valence-corrected chi connectivity index (χ4v) is 2.24. The van der Waals surface area contributed by atoms with Gasteiger partial charge in [0, 0.05) is 22.9 Å². The van der Waals surface area contributed by atoms with Crippen molar-refractivity contribution in [2.75, 3.05) is 11.9 Å². The smallest absolute Gasteiger partial charge is 0.411 e. The van der Waals surface area contributed by atoms with Crippen molar-refractivity contribution >= 4 is 23.5 Å². The minimum absolute atomic E-state index is 0.168. The van der Waals surface area contributed by atoms with Crippen LogP contribution in [0.15, 0.2) is 66.2 Å². The summed E-state index contributed by atoms with van der Waals surface area (Å²) in [6, 6.07) is 15.7. The molecule has 0 saturated carbocycles. The minimum atomic E-state index is -0.587. The van der Waals surface area contributed by atoms with E-state index in [1.54, 1.807) is 38.1 Å². The molecule has 0 bridgehead atoms. The summed E-state index contributed by atoms with van der Waals surface area (Å²) in [5, 5.41) is 2.60. The average molecular weight is 367 g/mol. The van der Waals surface area contributed by atoms with Crippen molar-refractivity contribution in [3.63, 3.8) is 0 Å². The van der Waals surface area contributed by atoms with E-state index in [2.05, 4.69) is 5.32 Å². The summed E-state index contributed by atoms with van der Waals surface area (Å²) in [4.78, 5) is 35.5. The van der Waals surface area contributed by atoms with Gasteiger partial charge in [-0.15, -0.1) is 0 Å². The summed E-state index contributed by atoms with van der Waals surface area (Å²) < 4.78 is 9.92. The van der Waals surface area contributed by atoms with Crippen molar-refractivity contribution in [3.8, 4) is 0 Å². The van der Waals surface area contributed by atoms with Gasteiger partial charge in [0.15, 0.2) is 5.78 Å². The number of benzene rings is 2. The number of nitrogens with one attached hydrogen (secondary N) is 1. The summed E-state index contributed by atoms with van der Waals surface area (Å²) in [7, 11) is 0. The Morgan fingerprint density at radius 2 is 1.63 bits per heavy atom. The van der Waals surface area contributed by atoms with Crippen LogP contribution in [0, 0.1) is 0 Å². The van der Waals surface area contributed by atoms with Gasteiger partial charge >= 0.3 is 12.1 Å². The number of hydrogen-bond acceptors (Lipinski definition) is 5. The molecule has 2 rings (SSSR count). The van der Waals surface area contributed by atoms with Gasteiger partial charge in [-0.05, 0) is 43.7 Å². The topological polar surface area (TPSA) is 81.7 Å². The van der Waals surface area contributed by atoms with Gasteiger partial charge in [-0.2, -0.15) is 0 Å². The third-order valence-corrected chi connectivity index (χ3v) is 3.59. The monoisotopic (exact) mass is 367 g/mol. The Morgan fingerprint density at radius 3 is 2.26 bits per heavy atom. The molecule has 0 atom stereocenters. The number of ether oxygens (including phenoxy) is 2. The van der Waals surface area contributed by atoms with E-state index in [4.69, 9.17) is 9.47 Å². The van der Waals surface area contributed by atoms with E-state index >= 15 is 0 Å². The first-order chi connectivity index (χ1) is 13.0. The molecular formula is C21H21NO5. The predicted octanol–water partition coefficient (Wildman–Crippen LogP) is 4.13. The van der Waals surface area contributed by atoms with Gasteiger partial charge in [-0.25, -0.2) is 9.59 Å². The molecule has 0 unspecified atom stereocenters.